The molecule has 1 unspecified atom stereocenters. The second-order valence-corrected chi connectivity index (χ2v) is 8.69. The van der Waals surface area contributed by atoms with Crippen LogP contribution in [0.5, 0.6) is 0 Å². The van der Waals surface area contributed by atoms with Crippen LogP contribution in [0.2, 0.25) is 0 Å². The van der Waals surface area contributed by atoms with Gasteiger partial charge in [0.25, 0.3) is 0 Å². The van der Waals surface area contributed by atoms with E-state index in [2.05, 4.69) is 25.6 Å². The van der Waals surface area contributed by atoms with Gasteiger partial charge in [0.1, 0.15) is 5.52 Å². The van der Waals surface area contributed by atoms with E-state index in [1.807, 2.05) is 24.3 Å². The molecule has 1 amide bonds. The van der Waals surface area contributed by atoms with Crippen molar-refractivity contribution in [3.63, 3.8) is 0 Å². The van der Waals surface area contributed by atoms with Crippen LogP contribution in [-0.4, -0.2) is 53.5 Å². The lowest BCUT2D eigenvalue weighted by molar-refractivity contribution is -0.153. The number of hydrogen-bond donors (Lipinski definition) is 4. The van der Waals surface area contributed by atoms with E-state index in [1.165, 1.54) is 6.92 Å². The largest absolute Gasteiger partial charge is 0.481 e. The Bertz CT molecular complexity index is 1150. The number of anilines is 1. The van der Waals surface area contributed by atoms with Gasteiger partial charge in [-0.1, -0.05) is 17.3 Å². The van der Waals surface area contributed by atoms with E-state index in [0.717, 1.165) is 11.0 Å². The van der Waals surface area contributed by atoms with Gasteiger partial charge in [0.15, 0.2) is 5.82 Å². The highest BCUT2D eigenvalue weighted by molar-refractivity contribution is 5.85. The molecule has 0 aliphatic heterocycles. The summed E-state index contributed by atoms with van der Waals surface area (Å²) in [5, 5.41) is 21.5. The highest BCUT2D eigenvalue weighted by Gasteiger charge is 2.47. The molecule has 3 aromatic rings. The van der Waals surface area contributed by atoms with Crippen molar-refractivity contribution in [1.82, 2.24) is 25.0 Å². The molecule has 1 aliphatic carbocycles. The van der Waals surface area contributed by atoms with Crippen LogP contribution in [0.15, 0.2) is 36.5 Å². The molecule has 0 bridgehead atoms. The molecule has 1 saturated carbocycles. The number of amides is 1. The molecule has 11 nitrogen and oxygen atoms in total. The number of para-hydroxylation sites is 1. The lowest BCUT2D eigenvalue weighted by Crippen LogP contribution is -2.55. The highest BCUT2D eigenvalue weighted by Crippen LogP contribution is 2.42. The molecule has 168 valence electrons. The topological polar surface area (TPSA) is 175 Å². The zero-order valence-corrected chi connectivity index (χ0v) is 17.7. The quantitative estimate of drug-likeness (QED) is 0.422. The summed E-state index contributed by atoms with van der Waals surface area (Å²) in [6, 6.07) is 9.32. The first-order valence-electron chi connectivity index (χ1n) is 10.4. The number of carbonyl (C=O) groups excluding carboxylic acids is 1. The van der Waals surface area contributed by atoms with Gasteiger partial charge in [-0.3, -0.25) is 9.59 Å². The van der Waals surface area contributed by atoms with Gasteiger partial charge in [-0.25, -0.2) is 4.98 Å². The van der Waals surface area contributed by atoms with Crippen molar-refractivity contribution in [3.8, 4) is 5.82 Å². The molecular weight excluding hydrogens is 412 g/mol. The van der Waals surface area contributed by atoms with Crippen LogP contribution in [0.1, 0.15) is 39.0 Å². The number of primary amides is 1. The maximum Gasteiger partial charge on any atom is 0.309 e. The van der Waals surface area contributed by atoms with E-state index in [9.17, 15) is 14.7 Å². The van der Waals surface area contributed by atoms with Crippen molar-refractivity contribution in [1.29, 1.82) is 0 Å². The Balaban J connectivity index is 1.47. The van der Waals surface area contributed by atoms with Gasteiger partial charge in [0.2, 0.25) is 11.9 Å². The van der Waals surface area contributed by atoms with E-state index in [1.54, 1.807) is 16.9 Å². The van der Waals surface area contributed by atoms with Crippen LogP contribution in [0.4, 0.5) is 5.95 Å². The third kappa shape index (κ3) is 4.11. The number of carboxylic acids is 1. The normalized spacial score (nSPS) is 22.9. The number of carbonyl (C=O) groups is 2. The van der Waals surface area contributed by atoms with E-state index in [-0.39, 0.29) is 12.5 Å². The standard InChI is InChI=1S/C21H26N8O3/c1-20(23,17(22)30)12-21(18(31)32)9-6-13(7-10-21)25-19-24-11-8-16(26-19)29-15-5-3-2-4-14(15)27-28-29/h2-5,8,11,13H,6-7,9-10,12,23H2,1H3,(H2,22,30)(H,31,32)(H,24,25,26). The Kier molecular flexibility index (Phi) is 5.51. The molecule has 1 atom stereocenters. The molecule has 32 heavy (non-hydrogen) atoms. The molecular formula is C21H26N8O3. The molecule has 6 N–H and O–H groups in total. The molecule has 4 rings (SSSR count). The van der Waals surface area contributed by atoms with E-state index in [0.29, 0.717) is 37.4 Å². The monoisotopic (exact) mass is 438 g/mol. The Labute approximate surface area is 184 Å². The third-order valence-electron chi connectivity index (χ3n) is 6.21. The van der Waals surface area contributed by atoms with Gasteiger partial charge in [-0.05, 0) is 51.2 Å². The molecule has 1 aliphatic rings. The average Bonchev–Trinajstić information content (AvgIpc) is 3.19. The first-order chi connectivity index (χ1) is 15.2. The number of nitrogens with two attached hydrogens (primary N) is 2. The van der Waals surface area contributed by atoms with Gasteiger partial charge < -0.3 is 21.9 Å². The fraction of sp³-hybridized carbons (Fsp3) is 0.429. The van der Waals surface area contributed by atoms with E-state index >= 15 is 0 Å². The smallest absolute Gasteiger partial charge is 0.309 e. The van der Waals surface area contributed by atoms with Crippen molar-refractivity contribution in [3.05, 3.63) is 36.5 Å². The lowest BCUT2D eigenvalue weighted by Gasteiger charge is -2.40. The number of hydrogen-bond acceptors (Lipinski definition) is 8. The first kappa shape index (κ1) is 21.6. The van der Waals surface area contributed by atoms with Crippen molar-refractivity contribution >= 4 is 28.9 Å². The fourth-order valence-electron chi connectivity index (χ4n) is 4.33. The summed E-state index contributed by atoms with van der Waals surface area (Å²) in [6.07, 6.45) is 3.52. The summed E-state index contributed by atoms with van der Waals surface area (Å²) in [5.41, 5.74) is 10.5. The highest BCUT2D eigenvalue weighted by atomic mass is 16.4. The second-order valence-electron chi connectivity index (χ2n) is 8.69. The number of benzene rings is 1. The summed E-state index contributed by atoms with van der Waals surface area (Å²) in [7, 11) is 0. The summed E-state index contributed by atoms with van der Waals surface area (Å²) in [4.78, 5) is 32.5. The molecule has 1 fully saturated rings. The number of fused-ring (bicyclic) bond motifs is 1. The number of aliphatic carboxylic acids is 1. The minimum atomic E-state index is -1.38. The summed E-state index contributed by atoms with van der Waals surface area (Å²) in [6.45, 7) is 1.48. The van der Waals surface area contributed by atoms with Gasteiger partial charge in [-0.2, -0.15) is 9.67 Å². The van der Waals surface area contributed by atoms with Gasteiger partial charge in [0, 0.05) is 18.3 Å². The zero-order valence-electron chi connectivity index (χ0n) is 17.7. The molecule has 0 saturated heterocycles. The minimum Gasteiger partial charge on any atom is -0.481 e. The van der Waals surface area contributed by atoms with Crippen LogP contribution in [0, 0.1) is 5.41 Å². The maximum atomic E-state index is 12.1. The molecule has 2 heterocycles. The SMILES string of the molecule is CC(N)(CC1(C(=O)O)CCC(Nc2nccc(-n3nnc4ccccc43)n2)CC1)C(N)=O. The number of aromatic nitrogens is 5. The van der Waals surface area contributed by atoms with Crippen LogP contribution >= 0.6 is 0 Å². The van der Waals surface area contributed by atoms with Crippen molar-refractivity contribution in [2.45, 2.75) is 50.6 Å². The van der Waals surface area contributed by atoms with Crippen molar-refractivity contribution < 1.29 is 14.7 Å². The van der Waals surface area contributed by atoms with Crippen molar-refractivity contribution in [2.75, 3.05) is 5.32 Å². The zero-order chi connectivity index (χ0) is 22.9. The van der Waals surface area contributed by atoms with E-state index in [4.69, 9.17) is 11.5 Å². The van der Waals surface area contributed by atoms with Gasteiger partial charge >= 0.3 is 5.97 Å². The summed E-state index contributed by atoms with van der Waals surface area (Å²) in [5.74, 6) is -0.655. The number of rotatable bonds is 7. The molecule has 0 radical (unpaired) electrons. The predicted molar refractivity (Wildman–Crippen MR) is 117 cm³/mol. The minimum absolute atomic E-state index is 0.00272. The molecule has 11 heteroatoms. The lowest BCUT2D eigenvalue weighted by atomic mass is 9.66. The number of carboxylic acid groups (broad SMARTS) is 1. The summed E-state index contributed by atoms with van der Waals surface area (Å²) >= 11 is 0. The second kappa shape index (κ2) is 8.15. The predicted octanol–water partition coefficient (Wildman–Crippen LogP) is 1.23. The molecule has 0 spiro atoms. The van der Waals surface area contributed by atoms with Crippen LogP contribution in [0.25, 0.3) is 16.9 Å². The maximum absolute atomic E-state index is 12.1. The Morgan fingerprint density at radius 2 is 2.00 bits per heavy atom. The first-order valence-corrected chi connectivity index (χ1v) is 10.4. The summed E-state index contributed by atoms with van der Waals surface area (Å²) < 4.78 is 1.64. The average molecular weight is 438 g/mol. The van der Waals surface area contributed by atoms with Crippen LogP contribution < -0.4 is 16.8 Å². The Hall–Kier alpha value is -3.60. The van der Waals surface area contributed by atoms with Crippen LogP contribution in [-0.2, 0) is 9.59 Å². The van der Waals surface area contributed by atoms with Gasteiger partial charge in [-0.15, -0.1) is 5.10 Å². The number of nitrogens with zero attached hydrogens (tertiary/aromatic N) is 5. The van der Waals surface area contributed by atoms with Crippen molar-refractivity contribution in [2.24, 2.45) is 16.9 Å². The number of nitrogens with one attached hydrogen (secondary N) is 1. The van der Waals surface area contributed by atoms with E-state index < -0.39 is 22.8 Å². The van der Waals surface area contributed by atoms with Crippen LogP contribution in [0.3, 0.4) is 0 Å². The van der Waals surface area contributed by atoms with Gasteiger partial charge in [0.05, 0.1) is 16.5 Å². The Morgan fingerprint density at radius 1 is 1.28 bits per heavy atom. The fourth-order valence-corrected chi connectivity index (χ4v) is 4.33. The molecule has 2 aromatic heterocycles. The third-order valence-corrected chi connectivity index (χ3v) is 6.21. The Morgan fingerprint density at radius 3 is 2.69 bits per heavy atom. The molecule has 1 aromatic carbocycles.